The van der Waals surface area contributed by atoms with Crippen LogP contribution in [-0.4, -0.2) is 39.3 Å². The van der Waals surface area contributed by atoms with Crippen molar-refractivity contribution in [3.8, 4) is 0 Å². The van der Waals surface area contributed by atoms with Crippen LogP contribution in [0.4, 0.5) is 5.69 Å². The third-order valence-electron chi connectivity index (χ3n) is 3.18. The highest BCUT2D eigenvalue weighted by molar-refractivity contribution is 7.89. The molecule has 1 rings (SSSR count). The van der Waals surface area contributed by atoms with Gasteiger partial charge in [-0.3, -0.25) is 4.79 Å². The molecule has 1 aromatic rings. The van der Waals surface area contributed by atoms with Gasteiger partial charge in [0.05, 0.1) is 4.90 Å². The minimum atomic E-state index is -3.44. The third-order valence-corrected chi connectivity index (χ3v) is 5.01. The first-order chi connectivity index (χ1) is 9.77. The molecule has 0 spiro atoms. The van der Waals surface area contributed by atoms with Gasteiger partial charge in [0, 0.05) is 26.2 Å². The summed E-state index contributed by atoms with van der Waals surface area (Å²) < 4.78 is 25.0. The van der Waals surface area contributed by atoms with E-state index >= 15 is 0 Å². The molecule has 21 heavy (non-hydrogen) atoms. The molecule has 1 unspecified atom stereocenters. The second kappa shape index (κ2) is 7.53. The highest BCUT2D eigenvalue weighted by atomic mass is 32.2. The molecule has 0 aliphatic carbocycles. The summed E-state index contributed by atoms with van der Waals surface area (Å²) in [4.78, 5) is 11.9. The Balaban J connectivity index is 2.65. The average Bonchev–Trinajstić information content (AvgIpc) is 2.45. The molecular weight excluding hydrogens is 290 g/mol. The molecule has 0 radical (unpaired) electrons. The quantitative estimate of drug-likeness (QED) is 0.792. The molecule has 1 amide bonds. The molecule has 0 saturated heterocycles. The summed E-state index contributed by atoms with van der Waals surface area (Å²) in [7, 11) is -0.489. The molecule has 0 bridgehead atoms. The lowest BCUT2D eigenvalue weighted by molar-refractivity contribution is -0.116. The molecule has 0 heterocycles. The van der Waals surface area contributed by atoms with Gasteiger partial charge in [-0.25, -0.2) is 12.7 Å². The molecule has 0 aromatic heterocycles. The van der Waals surface area contributed by atoms with Gasteiger partial charge < -0.3 is 11.1 Å². The molecule has 3 N–H and O–H groups in total. The Bertz CT molecular complexity index is 568. The molecule has 118 valence electrons. The molecule has 6 nitrogen and oxygen atoms in total. The molecule has 0 saturated carbocycles. The number of nitrogens with zero attached hydrogens (tertiary/aromatic N) is 1. The van der Waals surface area contributed by atoms with Crippen molar-refractivity contribution in [2.24, 2.45) is 11.7 Å². The first-order valence-corrected chi connectivity index (χ1v) is 8.24. The first kappa shape index (κ1) is 17.6. The van der Waals surface area contributed by atoms with Gasteiger partial charge in [0.2, 0.25) is 15.9 Å². The number of amides is 1. The van der Waals surface area contributed by atoms with Crippen LogP contribution >= 0.6 is 0 Å². The number of hydrogen-bond acceptors (Lipinski definition) is 4. The van der Waals surface area contributed by atoms with Gasteiger partial charge >= 0.3 is 0 Å². The lowest BCUT2D eigenvalue weighted by atomic mass is 10.1. The van der Waals surface area contributed by atoms with Crippen LogP contribution in [0.25, 0.3) is 0 Å². The Labute approximate surface area is 126 Å². The number of nitrogens with two attached hydrogens (primary N) is 1. The monoisotopic (exact) mass is 313 g/mol. The lowest BCUT2D eigenvalue weighted by Crippen LogP contribution is -2.22. The van der Waals surface area contributed by atoms with E-state index in [0.717, 1.165) is 10.7 Å². The predicted molar refractivity (Wildman–Crippen MR) is 83.4 cm³/mol. The molecule has 0 aliphatic heterocycles. The summed E-state index contributed by atoms with van der Waals surface area (Å²) in [5.41, 5.74) is 6.08. The van der Waals surface area contributed by atoms with Crippen molar-refractivity contribution >= 4 is 21.6 Å². The van der Waals surface area contributed by atoms with Crippen molar-refractivity contribution in [3.05, 3.63) is 24.3 Å². The smallest absolute Gasteiger partial charge is 0.242 e. The van der Waals surface area contributed by atoms with E-state index < -0.39 is 10.0 Å². The van der Waals surface area contributed by atoms with Gasteiger partial charge in [0.25, 0.3) is 0 Å². The molecular formula is C14H23N3O3S. The van der Waals surface area contributed by atoms with E-state index in [-0.39, 0.29) is 10.8 Å². The number of carbonyl (C=O) groups excluding carboxylic acids is 1. The van der Waals surface area contributed by atoms with E-state index in [0.29, 0.717) is 24.6 Å². The van der Waals surface area contributed by atoms with Crippen LogP contribution < -0.4 is 11.1 Å². The van der Waals surface area contributed by atoms with Crippen molar-refractivity contribution in [3.63, 3.8) is 0 Å². The lowest BCUT2D eigenvalue weighted by Gasteiger charge is -2.12. The Hall–Kier alpha value is -1.44. The van der Waals surface area contributed by atoms with Crippen LogP contribution in [0.15, 0.2) is 29.2 Å². The van der Waals surface area contributed by atoms with Gasteiger partial charge in [-0.2, -0.15) is 0 Å². The zero-order valence-corrected chi connectivity index (χ0v) is 13.5. The van der Waals surface area contributed by atoms with Crippen molar-refractivity contribution < 1.29 is 13.2 Å². The molecule has 0 fully saturated rings. The second-order valence-corrected chi connectivity index (χ2v) is 7.39. The van der Waals surface area contributed by atoms with E-state index in [4.69, 9.17) is 5.73 Å². The van der Waals surface area contributed by atoms with Crippen LogP contribution in [0.2, 0.25) is 0 Å². The SMILES string of the molecule is CC(CN)CCC(=O)Nc1ccc(S(=O)(=O)N(C)C)cc1. The number of rotatable bonds is 7. The fraction of sp³-hybridized carbons (Fsp3) is 0.500. The van der Waals surface area contributed by atoms with E-state index in [9.17, 15) is 13.2 Å². The summed E-state index contributed by atoms with van der Waals surface area (Å²) in [6, 6.07) is 6.13. The molecule has 1 atom stereocenters. The predicted octanol–water partition coefficient (Wildman–Crippen LogP) is 1.25. The number of anilines is 1. The highest BCUT2D eigenvalue weighted by Gasteiger charge is 2.16. The number of nitrogens with one attached hydrogen (secondary N) is 1. The molecule has 7 heteroatoms. The third kappa shape index (κ3) is 5.11. The van der Waals surface area contributed by atoms with Crippen molar-refractivity contribution in [2.75, 3.05) is 26.0 Å². The van der Waals surface area contributed by atoms with Crippen LogP contribution in [0, 0.1) is 5.92 Å². The van der Waals surface area contributed by atoms with E-state index in [2.05, 4.69) is 5.32 Å². The summed E-state index contributed by atoms with van der Waals surface area (Å²) in [5, 5.41) is 2.74. The number of sulfonamides is 1. The van der Waals surface area contributed by atoms with Gasteiger partial charge in [-0.15, -0.1) is 0 Å². The minimum Gasteiger partial charge on any atom is -0.330 e. The second-order valence-electron chi connectivity index (χ2n) is 5.24. The van der Waals surface area contributed by atoms with E-state index in [1.54, 1.807) is 12.1 Å². The van der Waals surface area contributed by atoms with Crippen LogP contribution in [0.5, 0.6) is 0 Å². The summed E-state index contributed by atoms with van der Waals surface area (Å²) >= 11 is 0. The van der Waals surface area contributed by atoms with Gasteiger partial charge in [0.15, 0.2) is 0 Å². The van der Waals surface area contributed by atoms with Crippen molar-refractivity contribution in [1.29, 1.82) is 0 Å². The normalized spacial score (nSPS) is 13.2. The Kier molecular flexibility index (Phi) is 6.32. The van der Waals surface area contributed by atoms with Crippen molar-refractivity contribution in [2.45, 2.75) is 24.7 Å². The Morgan fingerprint density at radius 3 is 2.33 bits per heavy atom. The summed E-state index contributed by atoms with van der Waals surface area (Å²) in [6.45, 7) is 2.55. The standard InChI is InChI=1S/C14H23N3O3S/c1-11(10-15)4-9-14(18)16-12-5-7-13(8-6-12)21(19,20)17(2)3/h5-8,11H,4,9-10,15H2,1-3H3,(H,16,18). The van der Waals surface area contributed by atoms with Gasteiger partial charge in [-0.1, -0.05) is 6.92 Å². The number of benzene rings is 1. The Morgan fingerprint density at radius 2 is 1.86 bits per heavy atom. The minimum absolute atomic E-state index is 0.0986. The van der Waals surface area contributed by atoms with Crippen LogP contribution in [-0.2, 0) is 14.8 Å². The zero-order chi connectivity index (χ0) is 16.0. The van der Waals surface area contributed by atoms with Crippen molar-refractivity contribution in [1.82, 2.24) is 4.31 Å². The number of hydrogen-bond donors (Lipinski definition) is 2. The molecule has 1 aromatic carbocycles. The zero-order valence-electron chi connectivity index (χ0n) is 12.7. The maximum atomic E-state index is 11.9. The maximum absolute atomic E-state index is 11.9. The van der Waals surface area contributed by atoms with Gasteiger partial charge in [-0.05, 0) is 43.1 Å². The van der Waals surface area contributed by atoms with E-state index in [1.165, 1.54) is 26.2 Å². The van der Waals surface area contributed by atoms with E-state index in [1.807, 2.05) is 6.92 Å². The summed E-state index contributed by atoms with van der Waals surface area (Å²) in [6.07, 6.45) is 1.13. The maximum Gasteiger partial charge on any atom is 0.242 e. The first-order valence-electron chi connectivity index (χ1n) is 6.80. The largest absolute Gasteiger partial charge is 0.330 e. The Morgan fingerprint density at radius 1 is 1.29 bits per heavy atom. The summed E-state index contributed by atoms with van der Waals surface area (Å²) in [5.74, 6) is 0.210. The van der Waals surface area contributed by atoms with Crippen LogP contribution in [0.1, 0.15) is 19.8 Å². The average molecular weight is 313 g/mol. The highest BCUT2D eigenvalue weighted by Crippen LogP contribution is 2.17. The van der Waals surface area contributed by atoms with Crippen LogP contribution in [0.3, 0.4) is 0 Å². The fourth-order valence-electron chi connectivity index (χ4n) is 1.64. The fourth-order valence-corrected chi connectivity index (χ4v) is 2.54. The number of carbonyl (C=O) groups is 1. The van der Waals surface area contributed by atoms with Gasteiger partial charge in [0.1, 0.15) is 0 Å². The molecule has 0 aliphatic rings. The topological polar surface area (TPSA) is 92.5 Å².